The molecule has 1 aromatic carbocycles. The van der Waals surface area contributed by atoms with Gasteiger partial charge in [0, 0.05) is 13.1 Å². The monoisotopic (exact) mass is 345 g/mol. The molecule has 0 aliphatic carbocycles. The molecule has 2 aliphatic rings. The lowest BCUT2D eigenvalue weighted by molar-refractivity contribution is 0.0436. The second-order valence-corrected chi connectivity index (χ2v) is 7.46. The van der Waals surface area contributed by atoms with Gasteiger partial charge in [-0.2, -0.15) is 0 Å². The van der Waals surface area contributed by atoms with Gasteiger partial charge in [0.15, 0.2) is 0 Å². The highest BCUT2D eigenvalue weighted by Gasteiger charge is 2.32. The summed E-state index contributed by atoms with van der Waals surface area (Å²) in [6, 6.07) is 8.12. The van der Waals surface area contributed by atoms with Crippen LogP contribution in [0.1, 0.15) is 31.7 Å². The number of piperidine rings is 1. The molecular weight excluding hydrogens is 314 g/mol. The summed E-state index contributed by atoms with van der Waals surface area (Å²) < 4.78 is 5.92. The molecule has 0 saturated carbocycles. The first-order valence-corrected chi connectivity index (χ1v) is 9.62. The van der Waals surface area contributed by atoms with E-state index in [1.165, 1.54) is 37.9 Å². The van der Waals surface area contributed by atoms with Crippen LogP contribution in [0.3, 0.4) is 0 Å². The molecule has 138 valence electrons. The van der Waals surface area contributed by atoms with Crippen molar-refractivity contribution in [3.63, 3.8) is 0 Å². The van der Waals surface area contributed by atoms with Crippen LogP contribution in [0.25, 0.3) is 0 Å². The Bertz CT molecular complexity index is 570. The van der Waals surface area contributed by atoms with Crippen LogP contribution in [0.15, 0.2) is 24.3 Å². The first-order valence-electron chi connectivity index (χ1n) is 9.62. The largest absolute Gasteiger partial charge is 0.487 e. The number of urea groups is 1. The van der Waals surface area contributed by atoms with E-state index in [2.05, 4.69) is 30.1 Å². The smallest absolute Gasteiger partial charge is 0.317 e. The van der Waals surface area contributed by atoms with E-state index in [0.29, 0.717) is 19.0 Å². The zero-order chi connectivity index (χ0) is 17.6. The Labute approximate surface area is 151 Å². The van der Waals surface area contributed by atoms with E-state index < -0.39 is 0 Å². The van der Waals surface area contributed by atoms with Gasteiger partial charge in [0.25, 0.3) is 0 Å². The number of aryl methyl sites for hydroxylation is 1. The molecule has 0 radical (unpaired) electrons. The van der Waals surface area contributed by atoms with Gasteiger partial charge < -0.3 is 19.9 Å². The molecule has 1 aromatic rings. The van der Waals surface area contributed by atoms with Gasteiger partial charge in [-0.3, -0.25) is 0 Å². The predicted octanol–water partition coefficient (Wildman–Crippen LogP) is 2.89. The highest BCUT2D eigenvalue weighted by atomic mass is 16.5. The Balaban J connectivity index is 1.35. The van der Waals surface area contributed by atoms with Gasteiger partial charge in [-0.1, -0.05) is 19.1 Å². The summed E-state index contributed by atoms with van der Waals surface area (Å²) in [6.07, 6.45) is 3.79. The van der Waals surface area contributed by atoms with Crippen molar-refractivity contribution in [1.82, 2.24) is 15.1 Å². The van der Waals surface area contributed by atoms with Crippen molar-refractivity contribution in [3.05, 3.63) is 29.8 Å². The normalized spacial score (nSPS) is 21.7. The van der Waals surface area contributed by atoms with Gasteiger partial charge in [-0.15, -0.1) is 0 Å². The minimum atomic E-state index is 0.0525. The number of hydrogen-bond donors (Lipinski definition) is 1. The van der Waals surface area contributed by atoms with Crippen LogP contribution in [-0.2, 0) is 0 Å². The Kier molecular flexibility index (Phi) is 6.19. The fourth-order valence-electron chi connectivity index (χ4n) is 3.74. The lowest BCUT2D eigenvalue weighted by atomic mass is 9.98. The number of nitrogens with zero attached hydrogens (tertiary/aromatic N) is 2. The number of likely N-dealkylation sites (tertiary alicyclic amines) is 2. The van der Waals surface area contributed by atoms with Crippen molar-refractivity contribution >= 4 is 6.03 Å². The molecule has 3 rings (SSSR count). The molecule has 1 N–H and O–H groups in total. The van der Waals surface area contributed by atoms with Crippen molar-refractivity contribution in [3.8, 4) is 5.75 Å². The maximum atomic E-state index is 12.3. The van der Waals surface area contributed by atoms with Gasteiger partial charge in [-0.05, 0) is 62.9 Å². The molecule has 25 heavy (non-hydrogen) atoms. The van der Waals surface area contributed by atoms with Crippen molar-refractivity contribution in [2.24, 2.45) is 5.92 Å². The lowest BCUT2D eigenvalue weighted by Crippen LogP contribution is -2.59. The summed E-state index contributed by atoms with van der Waals surface area (Å²) in [7, 11) is 0. The van der Waals surface area contributed by atoms with E-state index in [1.54, 1.807) is 0 Å². The van der Waals surface area contributed by atoms with Crippen LogP contribution in [0, 0.1) is 12.8 Å². The third-order valence-electron chi connectivity index (χ3n) is 5.11. The second kappa shape index (κ2) is 8.56. The van der Waals surface area contributed by atoms with E-state index in [9.17, 15) is 4.79 Å². The molecule has 2 amide bonds. The van der Waals surface area contributed by atoms with Crippen LogP contribution in [-0.4, -0.2) is 61.2 Å². The summed E-state index contributed by atoms with van der Waals surface area (Å²) >= 11 is 0. The summed E-state index contributed by atoms with van der Waals surface area (Å²) in [5, 5.41) is 3.12. The fourth-order valence-corrected chi connectivity index (χ4v) is 3.74. The standard InChI is InChI=1S/C20H31N3O2/c1-3-9-22-10-5-7-17(13-22)12-21-20(24)23-14-19(15-23)25-18-8-4-6-16(2)11-18/h4,6,8,11,17,19H,3,5,7,9-10,12-15H2,1-2H3,(H,21,24). The molecule has 0 aromatic heterocycles. The summed E-state index contributed by atoms with van der Waals surface area (Å²) in [5.41, 5.74) is 1.19. The molecule has 2 saturated heterocycles. The zero-order valence-corrected chi connectivity index (χ0v) is 15.5. The molecule has 2 fully saturated rings. The number of nitrogens with one attached hydrogen (secondary N) is 1. The molecule has 2 heterocycles. The van der Waals surface area contributed by atoms with Crippen molar-refractivity contribution in [1.29, 1.82) is 0 Å². The molecule has 0 bridgehead atoms. The van der Waals surface area contributed by atoms with E-state index in [4.69, 9.17) is 4.74 Å². The van der Waals surface area contributed by atoms with Gasteiger partial charge in [0.05, 0.1) is 13.1 Å². The van der Waals surface area contributed by atoms with E-state index in [-0.39, 0.29) is 12.1 Å². The molecule has 5 heteroatoms. The third kappa shape index (κ3) is 5.11. The summed E-state index contributed by atoms with van der Waals surface area (Å²) in [6.45, 7) is 9.92. The third-order valence-corrected chi connectivity index (χ3v) is 5.11. The molecule has 5 nitrogen and oxygen atoms in total. The van der Waals surface area contributed by atoms with Crippen LogP contribution >= 0.6 is 0 Å². The number of carbonyl (C=O) groups excluding carboxylic acids is 1. The van der Waals surface area contributed by atoms with Crippen LogP contribution in [0.2, 0.25) is 0 Å². The van der Waals surface area contributed by atoms with Crippen molar-refractivity contribution in [2.75, 3.05) is 39.3 Å². The second-order valence-electron chi connectivity index (χ2n) is 7.46. The number of ether oxygens (including phenoxy) is 1. The maximum absolute atomic E-state index is 12.3. The number of benzene rings is 1. The minimum Gasteiger partial charge on any atom is -0.487 e. The summed E-state index contributed by atoms with van der Waals surface area (Å²) in [4.78, 5) is 16.6. The maximum Gasteiger partial charge on any atom is 0.317 e. The van der Waals surface area contributed by atoms with Gasteiger partial charge >= 0.3 is 6.03 Å². The van der Waals surface area contributed by atoms with E-state index in [0.717, 1.165) is 18.8 Å². The molecule has 0 spiro atoms. The molecule has 2 aliphatic heterocycles. The zero-order valence-electron chi connectivity index (χ0n) is 15.5. The highest BCUT2D eigenvalue weighted by Crippen LogP contribution is 2.20. The minimum absolute atomic E-state index is 0.0525. The van der Waals surface area contributed by atoms with Crippen LogP contribution < -0.4 is 10.1 Å². The Morgan fingerprint density at radius 1 is 1.32 bits per heavy atom. The van der Waals surface area contributed by atoms with Gasteiger partial charge in [-0.25, -0.2) is 4.79 Å². The average molecular weight is 345 g/mol. The highest BCUT2D eigenvalue weighted by molar-refractivity contribution is 5.75. The number of carbonyl (C=O) groups is 1. The Morgan fingerprint density at radius 3 is 2.92 bits per heavy atom. The molecule has 1 unspecified atom stereocenters. The number of hydrogen-bond acceptors (Lipinski definition) is 3. The fraction of sp³-hybridized carbons (Fsp3) is 0.650. The first-order chi connectivity index (χ1) is 12.1. The first kappa shape index (κ1) is 18.1. The Morgan fingerprint density at radius 2 is 2.16 bits per heavy atom. The van der Waals surface area contributed by atoms with Gasteiger partial charge in [0.1, 0.15) is 11.9 Å². The van der Waals surface area contributed by atoms with Crippen molar-refractivity contribution < 1.29 is 9.53 Å². The SMILES string of the molecule is CCCN1CCCC(CNC(=O)N2CC(Oc3cccc(C)c3)C2)C1. The lowest BCUT2D eigenvalue weighted by Gasteiger charge is -2.39. The van der Waals surface area contributed by atoms with Crippen LogP contribution in [0.4, 0.5) is 4.79 Å². The van der Waals surface area contributed by atoms with Crippen molar-refractivity contribution in [2.45, 2.75) is 39.2 Å². The molecule has 1 atom stereocenters. The Hall–Kier alpha value is -1.75. The summed E-state index contributed by atoms with van der Waals surface area (Å²) in [5.74, 6) is 1.48. The topological polar surface area (TPSA) is 44.8 Å². The van der Waals surface area contributed by atoms with Gasteiger partial charge in [0.2, 0.25) is 0 Å². The predicted molar refractivity (Wildman–Crippen MR) is 100 cm³/mol. The average Bonchev–Trinajstić information content (AvgIpc) is 2.56. The van der Waals surface area contributed by atoms with E-state index in [1.807, 2.05) is 23.1 Å². The number of amides is 2. The molecular formula is C20H31N3O2. The van der Waals surface area contributed by atoms with E-state index >= 15 is 0 Å². The quantitative estimate of drug-likeness (QED) is 0.862. The number of rotatable bonds is 6. The van der Waals surface area contributed by atoms with Crippen LogP contribution in [0.5, 0.6) is 5.75 Å².